The Bertz CT molecular complexity index is 1530. The van der Waals surface area contributed by atoms with Crippen LogP contribution in [0.1, 0.15) is 33.1 Å². The molecule has 2 aromatic carbocycles. The number of nitrogens with zero attached hydrogens (tertiary/aromatic N) is 5. The first-order valence-electron chi connectivity index (χ1n) is 13.2. The normalized spacial score (nSPS) is 16.7. The minimum atomic E-state index is -0.199. The number of ether oxygens (including phenoxy) is 1. The average Bonchev–Trinajstić information content (AvgIpc) is 3.36. The van der Waals surface area contributed by atoms with Crippen molar-refractivity contribution in [1.29, 1.82) is 0 Å². The quantitative estimate of drug-likeness (QED) is 0.414. The maximum absolute atomic E-state index is 13.3. The Morgan fingerprint density at radius 2 is 1.85 bits per heavy atom. The first-order chi connectivity index (χ1) is 19.1. The van der Waals surface area contributed by atoms with E-state index in [1.807, 2.05) is 66.4 Å². The van der Waals surface area contributed by atoms with Gasteiger partial charge in [0.25, 0.3) is 11.5 Å². The van der Waals surface area contributed by atoms with Crippen molar-refractivity contribution in [2.45, 2.75) is 19.5 Å². The number of anilines is 2. The van der Waals surface area contributed by atoms with Gasteiger partial charge in [-0.2, -0.15) is 5.10 Å². The van der Waals surface area contributed by atoms with E-state index >= 15 is 0 Å². The Kier molecular flexibility index (Phi) is 6.71. The fourth-order valence-electron chi connectivity index (χ4n) is 5.39. The van der Waals surface area contributed by atoms with Gasteiger partial charge in [0.1, 0.15) is 18.2 Å². The van der Waals surface area contributed by atoms with Crippen LogP contribution in [0.3, 0.4) is 0 Å². The zero-order valence-electron chi connectivity index (χ0n) is 21.8. The van der Waals surface area contributed by atoms with Crippen LogP contribution in [0.4, 0.5) is 11.5 Å². The number of carbonyl (C=O) groups excluding carboxylic acids is 1. The molecule has 1 atom stereocenters. The van der Waals surface area contributed by atoms with Crippen LogP contribution in [-0.2, 0) is 6.54 Å². The molecule has 1 fully saturated rings. The topological polar surface area (TPSA) is 94.7 Å². The number of nitrogens with one attached hydrogen (secondary N) is 1. The summed E-state index contributed by atoms with van der Waals surface area (Å²) in [5, 5.41) is 6.54. The number of benzene rings is 2. The molecule has 2 aliphatic rings. The SMILES string of the molecule is Cc1c(N2Cc3ccccc3C2COc2cccc(C(=O)N3CCN(c4ccccn4)CC3)c2)cn[nH]c1=O. The minimum absolute atomic E-state index is 0.000769. The standard InChI is InChI=1S/C30H30N6O3/c1-21-26(18-32-33-29(21)37)36-19-23-7-2-3-10-25(23)27(36)20-39-24-9-6-8-22(17-24)30(38)35-15-13-34(14-16-35)28-11-4-5-12-31-28/h2-12,17-18,27H,13-16,19-20H2,1H3,(H,33,37). The number of hydrogen-bond donors (Lipinski definition) is 1. The van der Waals surface area contributed by atoms with E-state index in [-0.39, 0.29) is 17.5 Å². The van der Waals surface area contributed by atoms with E-state index in [9.17, 15) is 9.59 Å². The Labute approximate surface area is 226 Å². The van der Waals surface area contributed by atoms with E-state index < -0.39 is 0 Å². The molecule has 2 aromatic heterocycles. The molecule has 39 heavy (non-hydrogen) atoms. The lowest BCUT2D eigenvalue weighted by Gasteiger charge is -2.35. The molecule has 1 saturated heterocycles. The van der Waals surface area contributed by atoms with Crippen molar-refractivity contribution in [2.24, 2.45) is 0 Å². The molecule has 2 aliphatic heterocycles. The number of aromatic amines is 1. The van der Waals surface area contributed by atoms with E-state index in [0.717, 1.165) is 30.2 Å². The van der Waals surface area contributed by atoms with Crippen molar-refractivity contribution >= 4 is 17.4 Å². The van der Waals surface area contributed by atoms with Gasteiger partial charge in [-0.1, -0.05) is 36.4 Å². The molecular weight excluding hydrogens is 492 g/mol. The number of hydrogen-bond acceptors (Lipinski definition) is 7. The summed E-state index contributed by atoms with van der Waals surface area (Å²) in [5.74, 6) is 1.57. The van der Waals surface area contributed by atoms with E-state index in [1.165, 1.54) is 5.56 Å². The fourth-order valence-corrected chi connectivity index (χ4v) is 5.39. The number of carbonyl (C=O) groups is 1. The highest BCUT2D eigenvalue weighted by Crippen LogP contribution is 2.38. The van der Waals surface area contributed by atoms with E-state index in [4.69, 9.17) is 4.74 Å². The molecule has 4 aromatic rings. The van der Waals surface area contributed by atoms with E-state index in [0.29, 0.717) is 43.1 Å². The molecule has 9 heteroatoms. The molecule has 1 N–H and O–H groups in total. The molecule has 0 radical (unpaired) electrons. The van der Waals surface area contributed by atoms with Crippen LogP contribution in [-0.4, -0.2) is 58.8 Å². The second-order valence-electron chi connectivity index (χ2n) is 9.86. The van der Waals surface area contributed by atoms with Crippen LogP contribution in [0.2, 0.25) is 0 Å². The van der Waals surface area contributed by atoms with Gasteiger partial charge in [-0.05, 0) is 48.4 Å². The van der Waals surface area contributed by atoms with Gasteiger partial charge < -0.3 is 19.4 Å². The van der Waals surface area contributed by atoms with Gasteiger partial charge in [0.2, 0.25) is 0 Å². The van der Waals surface area contributed by atoms with Gasteiger partial charge in [0.15, 0.2) is 0 Å². The van der Waals surface area contributed by atoms with Crippen molar-refractivity contribution in [3.8, 4) is 5.75 Å². The predicted octanol–water partition coefficient (Wildman–Crippen LogP) is 3.58. The van der Waals surface area contributed by atoms with Crippen LogP contribution in [0.15, 0.2) is 83.9 Å². The molecule has 6 rings (SSSR count). The number of amides is 1. The molecule has 1 amide bonds. The molecule has 0 saturated carbocycles. The Hall–Kier alpha value is -4.66. The number of aromatic nitrogens is 3. The second kappa shape index (κ2) is 10.6. The van der Waals surface area contributed by atoms with Gasteiger partial charge in [-0.3, -0.25) is 9.59 Å². The zero-order valence-corrected chi connectivity index (χ0v) is 21.8. The highest BCUT2D eigenvalue weighted by Gasteiger charge is 2.32. The molecule has 9 nitrogen and oxygen atoms in total. The first kappa shape index (κ1) is 24.7. The fraction of sp³-hybridized carbons (Fsp3) is 0.267. The number of H-pyrrole nitrogens is 1. The molecule has 0 bridgehead atoms. The second-order valence-corrected chi connectivity index (χ2v) is 9.86. The van der Waals surface area contributed by atoms with Crippen LogP contribution >= 0.6 is 0 Å². The molecular formula is C30H30N6O3. The van der Waals surface area contributed by atoms with Crippen molar-refractivity contribution in [3.63, 3.8) is 0 Å². The largest absolute Gasteiger partial charge is 0.491 e. The highest BCUT2D eigenvalue weighted by molar-refractivity contribution is 5.94. The lowest BCUT2D eigenvalue weighted by atomic mass is 10.1. The molecule has 0 aliphatic carbocycles. The summed E-state index contributed by atoms with van der Waals surface area (Å²) >= 11 is 0. The van der Waals surface area contributed by atoms with Crippen molar-refractivity contribution in [1.82, 2.24) is 20.1 Å². The molecule has 198 valence electrons. The third-order valence-corrected chi connectivity index (χ3v) is 7.55. The van der Waals surface area contributed by atoms with Crippen LogP contribution in [0.5, 0.6) is 5.75 Å². The Balaban J connectivity index is 1.15. The highest BCUT2D eigenvalue weighted by atomic mass is 16.5. The third kappa shape index (κ3) is 4.95. The summed E-state index contributed by atoms with van der Waals surface area (Å²) in [7, 11) is 0. The summed E-state index contributed by atoms with van der Waals surface area (Å²) in [5.41, 5.74) is 4.18. The van der Waals surface area contributed by atoms with Gasteiger partial charge in [-0.15, -0.1) is 0 Å². The summed E-state index contributed by atoms with van der Waals surface area (Å²) < 4.78 is 6.29. The summed E-state index contributed by atoms with van der Waals surface area (Å²) in [6.07, 6.45) is 3.49. The number of fused-ring (bicyclic) bond motifs is 1. The number of pyridine rings is 1. The number of piperazine rings is 1. The van der Waals surface area contributed by atoms with E-state index in [1.54, 1.807) is 12.4 Å². The Morgan fingerprint density at radius 1 is 1.03 bits per heavy atom. The number of rotatable bonds is 6. The van der Waals surface area contributed by atoms with Gasteiger partial charge in [0, 0.05) is 50.0 Å². The van der Waals surface area contributed by atoms with Gasteiger partial charge >= 0.3 is 0 Å². The first-order valence-corrected chi connectivity index (χ1v) is 13.2. The van der Waals surface area contributed by atoms with Crippen molar-refractivity contribution < 1.29 is 9.53 Å². The minimum Gasteiger partial charge on any atom is -0.491 e. The van der Waals surface area contributed by atoms with Gasteiger partial charge in [-0.25, -0.2) is 10.1 Å². The maximum Gasteiger partial charge on any atom is 0.269 e. The summed E-state index contributed by atoms with van der Waals surface area (Å²) in [4.78, 5) is 36.2. The molecule has 0 spiro atoms. The van der Waals surface area contributed by atoms with Gasteiger partial charge in [0.05, 0.1) is 17.9 Å². The molecule has 1 unspecified atom stereocenters. The van der Waals surface area contributed by atoms with Crippen LogP contribution in [0.25, 0.3) is 0 Å². The van der Waals surface area contributed by atoms with Crippen molar-refractivity contribution in [3.05, 3.63) is 112 Å². The zero-order chi connectivity index (χ0) is 26.8. The maximum atomic E-state index is 13.3. The lowest BCUT2D eigenvalue weighted by Crippen LogP contribution is -2.49. The van der Waals surface area contributed by atoms with Crippen LogP contribution < -0.4 is 20.1 Å². The smallest absolute Gasteiger partial charge is 0.269 e. The Morgan fingerprint density at radius 3 is 2.67 bits per heavy atom. The average molecular weight is 523 g/mol. The van der Waals surface area contributed by atoms with E-state index in [2.05, 4.69) is 37.1 Å². The third-order valence-electron chi connectivity index (χ3n) is 7.55. The van der Waals surface area contributed by atoms with Crippen LogP contribution in [0, 0.1) is 6.92 Å². The lowest BCUT2D eigenvalue weighted by molar-refractivity contribution is 0.0746. The van der Waals surface area contributed by atoms with Crippen molar-refractivity contribution in [2.75, 3.05) is 42.6 Å². The summed E-state index contributed by atoms with van der Waals surface area (Å²) in [6, 6.07) is 21.4. The monoisotopic (exact) mass is 522 g/mol. The predicted molar refractivity (Wildman–Crippen MR) is 149 cm³/mol. The summed E-state index contributed by atoms with van der Waals surface area (Å²) in [6.45, 7) is 5.60. The molecule has 4 heterocycles.